The van der Waals surface area contributed by atoms with Gasteiger partial charge in [0.2, 0.25) is 11.8 Å². The van der Waals surface area contributed by atoms with Gasteiger partial charge in [0.25, 0.3) is 0 Å². The lowest BCUT2D eigenvalue weighted by Gasteiger charge is -2.17. The first-order valence-electron chi connectivity index (χ1n) is 8.04. The quantitative estimate of drug-likeness (QED) is 0.894. The third kappa shape index (κ3) is 3.88. The van der Waals surface area contributed by atoms with Crippen LogP contribution in [-0.2, 0) is 20.9 Å². The zero-order valence-corrected chi connectivity index (χ0v) is 13.0. The number of hydrogen-bond acceptors (Lipinski definition) is 3. The molecular formula is C17H21FN2O3. The molecule has 1 aromatic carbocycles. The highest BCUT2D eigenvalue weighted by Gasteiger charge is 2.34. The molecule has 23 heavy (non-hydrogen) atoms. The van der Waals surface area contributed by atoms with E-state index in [4.69, 9.17) is 4.74 Å². The smallest absolute Gasteiger partial charge is 0.225 e. The molecule has 2 heterocycles. The number of ether oxygens (including phenoxy) is 1. The standard InChI is InChI=1S/C17H21FN2O3/c18-15-6-2-1-4-12(15)10-20-11-13(8-16(20)21)17(22)19-9-14-5-3-7-23-14/h1-2,4,6,13-14H,3,5,7-11H2,(H,19,22)/t13-,14+/m0/s1. The molecule has 124 valence electrons. The van der Waals surface area contributed by atoms with Crippen LogP contribution in [0.3, 0.4) is 0 Å². The zero-order valence-electron chi connectivity index (χ0n) is 13.0. The first kappa shape index (κ1) is 15.9. The number of likely N-dealkylation sites (tertiary alicyclic amines) is 1. The molecule has 1 aromatic rings. The topological polar surface area (TPSA) is 58.6 Å². The van der Waals surface area contributed by atoms with E-state index in [9.17, 15) is 14.0 Å². The van der Waals surface area contributed by atoms with Crippen LogP contribution in [0.5, 0.6) is 0 Å². The number of nitrogens with one attached hydrogen (secondary N) is 1. The molecule has 6 heteroatoms. The maximum absolute atomic E-state index is 13.7. The molecule has 2 aliphatic rings. The summed E-state index contributed by atoms with van der Waals surface area (Å²) in [5.41, 5.74) is 0.473. The summed E-state index contributed by atoms with van der Waals surface area (Å²) < 4.78 is 19.2. The number of carbonyl (C=O) groups excluding carboxylic acids is 2. The Morgan fingerprint density at radius 3 is 2.96 bits per heavy atom. The molecule has 2 atom stereocenters. The molecule has 0 aliphatic carbocycles. The Hall–Kier alpha value is -1.95. The molecule has 0 spiro atoms. The van der Waals surface area contributed by atoms with Crippen LogP contribution >= 0.6 is 0 Å². The van der Waals surface area contributed by atoms with E-state index in [2.05, 4.69) is 5.32 Å². The number of carbonyl (C=O) groups is 2. The highest BCUT2D eigenvalue weighted by molar-refractivity contribution is 5.89. The van der Waals surface area contributed by atoms with Crippen LogP contribution in [0, 0.1) is 11.7 Å². The van der Waals surface area contributed by atoms with Crippen molar-refractivity contribution in [3.8, 4) is 0 Å². The van der Waals surface area contributed by atoms with E-state index < -0.39 is 0 Å². The van der Waals surface area contributed by atoms with Gasteiger partial charge < -0.3 is 15.0 Å². The minimum absolute atomic E-state index is 0.0885. The molecule has 0 aromatic heterocycles. The second-order valence-corrected chi connectivity index (χ2v) is 6.15. The Bertz CT molecular complexity index is 587. The molecular weight excluding hydrogens is 299 g/mol. The lowest BCUT2D eigenvalue weighted by molar-refractivity contribution is -0.129. The Kier molecular flexibility index (Phi) is 4.91. The van der Waals surface area contributed by atoms with Crippen molar-refractivity contribution in [2.75, 3.05) is 19.7 Å². The highest BCUT2D eigenvalue weighted by atomic mass is 19.1. The Morgan fingerprint density at radius 2 is 2.22 bits per heavy atom. The molecule has 3 rings (SSSR count). The normalized spacial score (nSPS) is 24.2. The fraction of sp³-hybridized carbons (Fsp3) is 0.529. The summed E-state index contributed by atoms with van der Waals surface area (Å²) in [5.74, 6) is -0.919. The first-order valence-corrected chi connectivity index (χ1v) is 8.04. The van der Waals surface area contributed by atoms with Gasteiger partial charge in [0, 0.05) is 38.2 Å². The van der Waals surface area contributed by atoms with Crippen molar-refractivity contribution >= 4 is 11.8 Å². The van der Waals surface area contributed by atoms with E-state index in [1.54, 1.807) is 23.1 Å². The summed E-state index contributed by atoms with van der Waals surface area (Å²) in [4.78, 5) is 25.8. The Balaban J connectivity index is 1.52. The number of amides is 2. The minimum Gasteiger partial charge on any atom is -0.376 e. The van der Waals surface area contributed by atoms with E-state index in [-0.39, 0.29) is 42.6 Å². The van der Waals surface area contributed by atoms with Crippen LogP contribution in [0.4, 0.5) is 4.39 Å². The molecule has 0 bridgehead atoms. The van der Waals surface area contributed by atoms with E-state index in [1.807, 2.05) is 0 Å². The molecule has 0 saturated carbocycles. The third-order valence-electron chi connectivity index (χ3n) is 4.43. The van der Waals surface area contributed by atoms with Gasteiger partial charge in [0.05, 0.1) is 12.0 Å². The summed E-state index contributed by atoms with van der Waals surface area (Å²) in [6.45, 7) is 1.79. The van der Waals surface area contributed by atoms with Crippen molar-refractivity contribution in [1.82, 2.24) is 10.2 Å². The molecule has 0 unspecified atom stereocenters. The van der Waals surface area contributed by atoms with E-state index in [0.29, 0.717) is 18.7 Å². The van der Waals surface area contributed by atoms with Crippen LogP contribution in [-0.4, -0.2) is 42.5 Å². The van der Waals surface area contributed by atoms with Crippen LogP contribution in [0.25, 0.3) is 0 Å². The van der Waals surface area contributed by atoms with Crippen molar-refractivity contribution in [2.45, 2.75) is 31.9 Å². The van der Waals surface area contributed by atoms with E-state index in [1.165, 1.54) is 6.07 Å². The minimum atomic E-state index is -0.365. The SMILES string of the molecule is O=C(NC[C@H]1CCCO1)[C@H]1CC(=O)N(Cc2ccccc2F)C1. The fourth-order valence-corrected chi connectivity index (χ4v) is 3.10. The van der Waals surface area contributed by atoms with Gasteiger partial charge in [-0.2, -0.15) is 0 Å². The maximum Gasteiger partial charge on any atom is 0.225 e. The summed E-state index contributed by atoms with van der Waals surface area (Å²) in [6.07, 6.45) is 2.26. The second-order valence-electron chi connectivity index (χ2n) is 6.15. The summed E-state index contributed by atoms with van der Waals surface area (Å²) in [7, 11) is 0. The Morgan fingerprint density at radius 1 is 1.39 bits per heavy atom. The molecule has 2 amide bonds. The number of rotatable bonds is 5. The molecule has 2 aliphatic heterocycles. The number of nitrogens with zero attached hydrogens (tertiary/aromatic N) is 1. The van der Waals surface area contributed by atoms with Gasteiger partial charge in [0.1, 0.15) is 5.82 Å². The predicted molar refractivity (Wildman–Crippen MR) is 81.9 cm³/mol. The molecule has 5 nitrogen and oxygen atoms in total. The van der Waals surface area contributed by atoms with Crippen molar-refractivity contribution in [1.29, 1.82) is 0 Å². The van der Waals surface area contributed by atoms with Crippen molar-refractivity contribution in [2.24, 2.45) is 5.92 Å². The van der Waals surface area contributed by atoms with Gasteiger partial charge in [-0.1, -0.05) is 18.2 Å². The van der Waals surface area contributed by atoms with Crippen LogP contribution in [0.2, 0.25) is 0 Å². The van der Waals surface area contributed by atoms with Gasteiger partial charge in [-0.15, -0.1) is 0 Å². The summed E-state index contributed by atoms with van der Waals surface area (Å²) >= 11 is 0. The van der Waals surface area contributed by atoms with E-state index >= 15 is 0 Å². The first-order chi connectivity index (χ1) is 11.1. The molecule has 0 radical (unpaired) electrons. The van der Waals surface area contributed by atoms with Crippen LogP contribution in [0.15, 0.2) is 24.3 Å². The lowest BCUT2D eigenvalue weighted by atomic mass is 10.1. The van der Waals surface area contributed by atoms with Gasteiger partial charge in [-0.25, -0.2) is 4.39 Å². The summed E-state index contributed by atoms with van der Waals surface area (Å²) in [5, 5.41) is 2.87. The lowest BCUT2D eigenvalue weighted by Crippen LogP contribution is -2.37. The zero-order chi connectivity index (χ0) is 16.2. The van der Waals surface area contributed by atoms with E-state index in [0.717, 1.165) is 19.4 Å². The maximum atomic E-state index is 13.7. The Labute approximate surface area is 134 Å². The fourth-order valence-electron chi connectivity index (χ4n) is 3.10. The van der Waals surface area contributed by atoms with Crippen molar-refractivity contribution in [3.05, 3.63) is 35.6 Å². The highest BCUT2D eigenvalue weighted by Crippen LogP contribution is 2.21. The van der Waals surface area contributed by atoms with Crippen LogP contribution < -0.4 is 5.32 Å². The largest absolute Gasteiger partial charge is 0.376 e. The van der Waals surface area contributed by atoms with Gasteiger partial charge in [-0.3, -0.25) is 9.59 Å². The van der Waals surface area contributed by atoms with Crippen LogP contribution in [0.1, 0.15) is 24.8 Å². The molecule has 2 fully saturated rings. The number of hydrogen-bond donors (Lipinski definition) is 1. The van der Waals surface area contributed by atoms with Gasteiger partial charge in [0.15, 0.2) is 0 Å². The molecule has 2 saturated heterocycles. The van der Waals surface area contributed by atoms with Crippen molar-refractivity contribution < 1.29 is 18.7 Å². The summed E-state index contributed by atoms with van der Waals surface area (Å²) in [6, 6.07) is 6.39. The van der Waals surface area contributed by atoms with Gasteiger partial charge >= 0.3 is 0 Å². The second kappa shape index (κ2) is 7.08. The average Bonchev–Trinajstić information content (AvgIpc) is 3.18. The number of benzene rings is 1. The van der Waals surface area contributed by atoms with Crippen molar-refractivity contribution in [3.63, 3.8) is 0 Å². The monoisotopic (exact) mass is 320 g/mol. The average molecular weight is 320 g/mol. The molecule has 1 N–H and O–H groups in total. The predicted octanol–water partition coefficient (Wildman–Crippen LogP) is 1.47. The van der Waals surface area contributed by atoms with Gasteiger partial charge in [-0.05, 0) is 18.9 Å². The third-order valence-corrected chi connectivity index (χ3v) is 4.43. The number of halogens is 1.